The van der Waals surface area contributed by atoms with Crippen molar-refractivity contribution in [2.75, 3.05) is 31.1 Å². The van der Waals surface area contributed by atoms with Gasteiger partial charge < -0.3 is 15.0 Å². The molecule has 156 valence electrons. The quantitative estimate of drug-likeness (QED) is 0.644. The van der Waals surface area contributed by atoms with Gasteiger partial charge in [0, 0.05) is 36.1 Å². The first-order valence-corrected chi connectivity index (χ1v) is 10.9. The molecule has 0 radical (unpaired) electrons. The molecule has 0 aliphatic carbocycles. The Hall–Kier alpha value is -1.85. The fourth-order valence-electron chi connectivity index (χ4n) is 4.57. The van der Waals surface area contributed by atoms with E-state index in [1.807, 2.05) is 12.1 Å². The number of rotatable bonds is 6. The molecule has 0 saturated carbocycles. The summed E-state index contributed by atoms with van der Waals surface area (Å²) in [6.07, 6.45) is 3.01. The summed E-state index contributed by atoms with van der Waals surface area (Å²) in [6, 6.07) is 6.13. The Morgan fingerprint density at radius 2 is 1.79 bits per heavy atom. The van der Waals surface area contributed by atoms with Gasteiger partial charge in [-0.15, -0.1) is 0 Å². The molecule has 1 saturated heterocycles. The molecule has 2 heterocycles. The van der Waals surface area contributed by atoms with Crippen LogP contribution in [0.15, 0.2) is 24.3 Å². The average Bonchev–Trinajstić information content (AvgIpc) is 3.05. The van der Waals surface area contributed by atoms with E-state index >= 15 is 0 Å². The van der Waals surface area contributed by atoms with Crippen molar-refractivity contribution < 1.29 is 13.5 Å². The summed E-state index contributed by atoms with van der Waals surface area (Å²) in [7, 11) is 0. The molecule has 4 rings (SSSR count). The van der Waals surface area contributed by atoms with Crippen LogP contribution in [0.4, 0.5) is 14.5 Å². The maximum Gasteiger partial charge on any atom is 0.146 e. The molecule has 0 spiro atoms. The Kier molecular flexibility index (Phi) is 5.98. The highest BCUT2D eigenvalue weighted by molar-refractivity contribution is 6.30. The second-order valence-electron chi connectivity index (χ2n) is 7.90. The number of anilines is 1. The van der Waals surface area contributed by atoms with Crippen LogP contribution in [0.25, 0.3) is 11.1 Å². The molecule has 1 fully saturated rings. The summed E-state index contributed by atoms with van der Waals surface area (Å²) in [5, 5.41) is 3.49. The number of ether oxygens (including phenoxy) is 1. The zero-order valence-corrected chi connectivity index (χ0v) is 17.7. The number of piperidine rings is 1. The molecule has 2 aliphatic heterocycles. The smallest absolute Gasteiger partial charge is 0.146 e. The zero-order chi connectivity index (χ0) is 20.5. The molecule has 2 aromatic carbocycles. The van der Waals surface area contributed by atoms with Gasteiger partial charge in [0.1, 0.15) is 23.5 Å². The first-order valence-electron chi connectivity index (χ1n) is 10.5. The maximum absolute atomic E-state index is 14.7. The second-order valence-corrected chi connectivity index (χ2v) is 8.34. The molecule has 1 unspecified atom stereocenters. The molecule has 2 aliphatic rings. The number of nitrogens with one attached hydrogen (secondary N) is 1. The van der Waals surface area contributed by atoms with E-state index in [4.69, 9.17) is 16.3 Å². The Morgan fingerprint density at radius 3 is 2.45 bits per heavy atom. The fraction of sp³-hybridized carbons (Fsp3) is 0.478. The van der Waals surface area contributed by atoms with Crippen LogP contribution in [0.1, 0.15) is 44.6 Å². The molecule has 1 N–H and O–H groups in total. The zero-order valence-electron chi connectivity index (χ0n) is 16.9. The third-order valence-electron chi connectivity index (χ3n) is 5.81. The molecule has 0 aromatic heterocycles. The van der Waals surface area contributed by atoms with Crippen molar-refractivity contribution in [1.82, 2.24) is 5.32 Å². The number of nitrogens with zero attached hydrogens (tertiary/aromatic N) is 1. The maximum atomic E-state index is 14.7. The van der Waals surface area contributed by atoms with Crippen molar-refractivity contribution in [3.05, 3.63) is 46.5 Å². The van der Waals surface area contributed by atoms with Gasteiger partial charge in [-0.2, -0.15) is 0 Å². The van der Waals surface area contributed by atoms with Crippen molar-refractivity contribution in [2.24, 2.45) is 0 Å². The van der Waals surface area contributed by atoms with Crippen LogP contribution in [-0.2, 0) is 0 Å². The molecule has 2 aromatic rings. The van der Waals surface area contributed by atoms with Gasteiger partial charge in [-0.25, -0.2) is 8.78 Å². The van der Waals surface area contributed by atoms with Crippen LogP contribution >= 0.6 is 11.6 Å². The van der Waals surface area contributed by atoms with Crippen molar-refractivity contribution in [1.29, 1.82) is 0 Å². The van der Waals surface area contributed by atoms with E-state index in [0.29, 0.717) is 5.56 Å². The molecular weight excluding hydrogens is 394 g/mol. The number of hydrogen-bond acceptors (Lipinski definition) is 3. The van der Waals surface area contributed by atoms with E-state index in [9.17, 15) is 8.78 Å². The van der Waals surface area contributed by atoms with E-state index in [1.54, 1.807) is 0 Å². The van der Waals surface area contributed by atoms with Crippen molar-refractivity contribution in [3.63, 3.8) is 0 Å². The fourth-order valence-corrected chi connectivity index (χ4v) is 4.76. The average molecular weight is 421 g/mol. The van der Waals surface area contributed by atoms with Crippen molar-refractivity contribution >= 4 is 17.3 Å². The molecule has 0 amide bonds. The van der Waals surface area contributed by atoms with E-state index < -0.39 is 11.6 Å². The first-order chi connectivity index (χ1) is 14.0. The van der Waals surface area contributed by atoms with Crippen LogP contribution in [0, 0.1) is 11.6 Å². The summed E-state index contributed by atoms with van der Waals surface area (Å²) in [5.41, 5.74) is 2.49. The number of hydrogen-bond donors (Lipinski definition) is 1. The largest absolute Gasteiger partial charge is 0.487 e. The van der Waals surface area contributed by atoms with Gasteiger partial charge in [0.05, 0.1) is 11.3 Å². The van der Waals surface area contributed by atoms with Crippen molar-refractivity contribution in [2.45, 2.75) is 45.1 Å². The second kappa shape index (κ2) is 8.49. The summed E-state index contributed by atoms with van der Waals surface area (Å²) >= 11 is 5.84. The van der Waals surface area contributed by atoms with Crippen LogP contribution < -0.4 is 15.0 Å². The van der Waals surface area contributed by atoms with Gasteiger partial charge in [0.15, 0.2) is 0 Å². The van der Waals surface area contributed by atoms with Gasteiger partial charge >= 0.3 is 0 Å². The van der Waals surface area contributed by atoms with Gasteiger partial charge in [0.25, 0.3) is 0 Å². The minimum absolute atomic E-state index is 0.0291. The minimum atomic E-state index is -0.643. The summed E-state index contributed by atoms with van der Waals surface area (Å²) in [4.78, 5) is 2.28. The monoisotopic (exact) mass is 420 g/mol. The predicted octanol–water partition coefficient (Wildman–Crippen LogP) is 5.75. The number of fused-ring (bicyclic) bond motifs is 3. The number of halogens is 3. The predicted molar refractivity (Wildman–Crippen MR) is 114 cm³/mol. The lowest BCUT2D eigenvalue weighted by Crippen LogP contribution is -2.37. The third-order valence-corrected chi connectivity index (χ3v) is 6.03. The molecule has 2 atom stereocenters. The molecule has 0 bridgehead atoms. The first kappa shape index (κ1) is 20.4. The Morgan fingerprint density at radius 1 is 1.10 bits per heavy atom. The van der Waals surface area contributed by atoms with Crippen LogP contribution in [0.3, 0.4) is 0 Å². The lowest BCUT2D eigenvalue weighted by Gasteiger charge is -2.27. The normalized spacial score (nSPS) is 20.2. The SMILES string of the molecule is CCCN(CCC)c1cc(-c2c(F)cc(Cl)cc2F)cc2c1OC1CCNC[C@@H]21. The summed E-state index contributed by atoms with van der Waals surface area (Å²) < 4.78 is 35.9. The summed E-state index contributed by atoms with van der Waals surface area (Å²) in [5.74, 6) is -0.212. The van der Waals surface area contributed by atoms with Gasteiger partial charge in [-0.05, 0) is 55.6 Å². The van der Waals surface area contributed by atoms with E-state index in [-0.39, 0.29) is 22.6 Å². The molecule has 3 nitrogen and oxygen atoms in total. The van der Waals surface area contributed by atoms with Crippen LogP contribution in [-0.4, -0.2) is 32.3 Å². The molecule has 29 heavy (non-hydrogen) atoms. The highest BCUT2D eigenvalue weighted by Gasteiger charge is 2.39. The van der Waals surface area contributed by atoms with Crippen LogP contribution in [0.5, 0.6) is 5.75 Å². The third kappa shape index (κ3) is 3.82. The van der Waals surface area contributed by atoms with Gasteiger partial charge in [-0.3, -0.25) is 0 Å². The lowest BCUT2D eigenvalue weighted by atomic mass is 9.88. The Balaban J connectivity index is 1.89. The Bertz CT molecular complexity index is 876. The van der Waals surface area contributed by atoms with E-state index in [1.165, 1.54) is 12.1 Å². The topological polar surface area (TPSA) is 24.5 Å². The molecule has 6 heteroatoms. The molecular formula is C23H27ClF2N2O. The summed E-state index contributed by atoms with van der Waals surface area (Å²) in [6.45, 7) is 7.74. The standard InChI is InChI=1S/C23H27ClF2N2O/c1-3-7-28(8-4-2)20-10-14(22-18(25)11-15(24)12-19(22)26)9-16-17-13-27-6-5-21(17)29-23(16)20/h9-12,17,21,27H,3-8,13H2,1-2H3/t17-,21?/m0/s1. The van der Waals surface area contributed by atoms with E-state index in [0.717, 1.165) is 62.4 Å². The Labute approximate surface area is 176 Å². The minimum Gasteiger partial charge on any atom is -0.487 e. The van der Waals surface area contributed by atoms with Gasteiger partial charge in [0.2, 0.25) is 0 Å². The van der Waals surface area contributed by atoms with Crippen LogP contribution in [0.2, 0.25) is 5.02 Å². The van der Waals surface area contributed by atoms with Crippen molar-refractivity contribution in [3.8, 4) is 16.9 Å². The highest BCUT2D eigenvalue weighted by atomic mass is 35.5. The number of benzene rings is 2. The van der Waals surface area contributed by atoms with Gasteiger partial charge in [-0.1, -0.05) is 25.4 Å². The highest BCUT2D eigenvalue weighted by Crippen LogP contribution is 2.49. The van der Waals surface area contributed by atoms with E-state index in [2.05, 4.69) is 24.1 Å². The lowest BCUT2D eigenvalue weighted by molar-refractivity contribution is 0.172.